The van der Waals surface area contributed by atoms with Gasteiger partial charge in [-0.15, -0.1) is 0 Å². The lowest BCUT2D eigenvalue weighted by atomic mass is 9.94. The molecule has 1 aromatic rings. The fourth-order valence-corrected chi connectivity index (χ4v) is 3.23. The van der Waals surface area contributed by atoms with Crippen molar-refractivity contribution in [2.45, 2.75) is 45.3 Å². The first-order chi connectivity index (χ1) is 8.41. The highest BCUT2D eigenvalue weighted by Gasteiger charge is 2.37. The number of halogens is 3. The van der Waals surface area contributed by atoms with E-state index in [9.17, 15) is 13.2 Å². The zero-order chi connectivity index (χ0) is 13.3. The van der Waals surface area contributed by atoms with E-state index in [1.165, 1.54) is 0 Å². The number of nitrogens with zero attached hydrogens (tertiary/aromatic N) is 2. The van der Waals surface area contributed by atoms with Crippen molar-refractivity contribution >= 4 is 16.7 Å². The molecule has 1 heterocycles. The van der Waals surface area contributed by atoms with E-state index in [2.05, 4.69) is 28.5 Å². The van der Waals surface area contributed by atoms with Gasteiger partial charge in [-0.2, -0.15) is 22.5 Å². The van der Waals surface area contributed by atoms with Gasteiger partial charge in [0.25, 0.3) is 0 Å². The second-order valence-corrected chi connectivity index (χ2v) is 5.53. The van der Waals surface area contributed by atoms with Gasteiger partial charge in [-0.3, -0.25) is 0 Å². The van der Waals surface area contributed by atoms with Crippen LogP contribution in [0.5, 0.6) is 0 Å². The third kappa shape index (κ3) is 2.76. The average molecular weight is 279 g/mol. The number of nitrogens with one attached hydrogen (secondary N) is 1. The molecular weight excluding hydrogens is 263 g/mol. The highest BCUT2D eigenvalue weighted by molar-refractivity contribution is 7.09. The Morgan fingerprint density at radius 3 is 2.61 bits per heavy atom. The number of hydrogen-bond donors (Lipinski definition) is 1. The fourth-order valence-electron chi connectivity index (χ4n) is 2.58. The summed E-state index contributed by atoms with van der Waals surface area (Å²) in [7, 11) is 0. The second kappa shape index (κ2) is 5.03. The molecule has 1 aliphatic rings. The Bertz CT molecular complexity index is 404. The Hall–Kier alpha value is -0.850. The molecule has 0 amide bonds. The molecule has 1 N–H and O–H groups in total. The van der Waals surface area contributed by atoms with Crippen LogP contribution >= 0.6 is 11.5 Å². The molecule has 0 aromatic carbocycles. The molecule has 0 aliphatic heterocycles. The lowest BCUT2D eigenvalue weighted by molar-refractivity contribution is -0.144. The summed E-state index contributed by atoms with van der Waals surface area (Å²) in [5, 5.41) is 3.37. The minimum absolute atomic E-state index is 0.212. The molecule has 0 radical (unpaired) electrons. The number of aromatic nitrogens is 2. The zero-order valence-corrected chi connectivity index (χ0v) is 11.1. The third-order valence-corrected chi connectivity index (χ3v) is 4.39. The highest BCUT2D eigenvalue weighted by Crippen LogP contribution is 2.36. The minimum Gasteiger partial charge on any atom is -0.357 e. The molecule has 1 saturated carbocycles. The molecule has 1 aromatic heterocycles. The van der Waals surface area contributed by atoms with Crippen LogP contribution in [-0.2, 0) is 6.18 Å². The van der Waals surface area contributed by atoms with Crippen molar-refractivity contribution in [1.82, 2.24) is 9.36 Å². The SMILES string of the molecule is CCC1CCC(Nc2nc(C(F)(F)F)ns2)C1C. The van der Waals surface area contributed by atoms with Crippen LogP contribution in [-0.4, -0.2) is 15.4 Å². The zero-order valence-electron chi connectivity index (χ0n) is 10.3. The summed E-state index contributed by atoms with van der Waals surface area (Å²) in [4.78, 5) is 3.50. The maximum absolute atomic E-state index is 12.4. The van der Waals surface area contributed by atoms with E-state index in [4.69, 9.17) is 0 Å². The van der Waals surface area contributed by atoms with Gasteiger partial charge in [0.05, 0.1) is 0 Å². The summed E-state index contributed by atoms with van der Waals surface area (Å²) in [6, 6.07) is 0.212. The summed E-state index contributed by atoms with van der Waals surface area (Å²) in [5.74, 6) is 0.0680. The van der Waals surface area contributed by atoms with Crippen molar-refractivity contribution in [3.63, 3.8) is 0 Å². The predicted octanol–water partition coefficient (Wildman–Crippen LogP) is 3.79. The molecule has 1 aliphatic carbocycles. The smallest absolute Gasteiger partial charge is 0.357 e. The molecule has 0 bridgehead atoms. The van der Waals surface area contributed by atoms with E-state index < -0.39 is 12.0 Å². The van der Waals surface area contributed by atoms with Crippen molar-refractivity contribution in [2.24, 2.45) is 11.8 Å². The molecule has 102 valence electrons. The first kappa shape index (κ1) is 13.6. The van der Waals surface area contributed by atoms with E-state index in [1.807, 2.05) is 0 Å². The Labute approximate surface area is 108 Å². The van der Waals surface area contributed by atoms with Gasteiger partial charge in [0.2, 0.25) is 11.0 Å². The van der Waals surface area contributed by atoms with Crippen LogP contribution in [0, 0.1) is 11.8 Å². The first-order valence-electron chi connectivity index (χ1n) is 6.09. The van der Waals surface area contributed by atoms with E-state index in [0.29, 0.717) is 11.8 Å². The molecule has 2 rings (SSSR count). The van der Waals surface area contributed by atoms with Crippen LogP contribution in [0.15, 0.2) is 0 Å². The predicted molar refractivity (Wildman–Crippen MR) is 64.5 cm³/mol. The van der Waals surface area contributed by atoms with Crippen molar-refractivity contribution in [2.75, 3.05) is 5.32 Å². The molecule has 18 heavy (non-hydrogen) atoms. The van der Waals surface area contributed by atoms with Gasteiger partial charge in [-0.25, -0.2) is 0 Å². The Kier molecular flexibility index (Phi) is 3.79. The Balaban J connectivity index is 2.00. The van der Waals surface area contributed by atoms with Gasteiger partial charge in [-0.1, -0.05) is 20.3 Å². The molecule has 3 nitrogen and oxygen atoms in total. The topological polar surface area (TPSA) is 37.8 Å². The maximum Gasteiger partial charge on any atom is 0.452 e. The minimum atomic E-state index is -4.45. The van der Waals surface area contributed by atoms with Crippen molar-refractivity contribution < 1.29 is 13.2 Å². The summed E-state index contributed by atoms with van der Waals surface area (Å²) in [6.07, 6.45) is -1.23. The van der Waals surface area contributed by atoms with Gasteiger partial charge in [0, 0.05) is 17.6 Å². The summed E-state index contributed by atoms with van der Waals surface area (Å²) in [5.41, 5.74) is 0. The number of alkyl halides is 3. The number of rotatable bonds is 3. The summed E-state index contributed by atoms with van der Waals surface area (Å²) in [6.45, 7) is 4.29. The molecule has 3 unspecified atom stereocenters. The molecule has 3 atom stereocenters. The average Bonchev–Trinajstić information content (AvgIpc) is 2.87. The van der Waals surface area contributed by atoms with Crippen LogP contribution in [0.1, 0.15) is 38.9 Å². The van der Waals surface area contributed by atoms with Gasteiger partial charge >= 0.3 is 6.18 Å². The van der Waals surface area contributed by atoms with E-state index in [1.54, 1.807) is 0 Å². The van der Waals surface area contributed by atoms with Crippen LogP contribution in [0.4, 0.5) is 18.3 Å². The van der Waals surface area contributed by atoms with Gasteiger partial charge in [0.1, 0.15) is 0 Å². The standard InChI is InChI=1S/C11H16F3N3S/c1-3-7-4-5-8(6(7)2)15-10-16-9(17-18-10)11(12,13)14/h6-8H,3-5H2,1-2H3,(H,15,16,17). The monoisotopic (exact) mass is 279 g/mol. The Morgan fingerprint density at radius 1 is 1.39 bits per heavy atom. The van der Waals surface area contributed by atoms with Crippen molar-refractivity contribution in [1.29, 1.82) is 0 Å². The van der Waals surface area contributed by atoms with Crippen LogP contribution in [0.2, 0.25) is 0 Å². The number of hydrogen-bond acceptors (Lipinski definition) is 4. The molecule has 0 saturated heterocycles. The Morgan fingerprint density at radius 2 is 2.11 bits per heavy atom. The normalized spacial score (nSPS) is 28.6. The highest BCUT2D eigenvalue weighted by atomic mass is 32.1. The summed E-state index contributed by atoms with van der Waals surface area (Å²) < 4.78 is 40.4. The van der Waals surface area contributed by atoms with E-state index in [0.717, 1.165) is 30.8 Å². The van der Waals surface area contributed by atoms with Crippen molar-refractivity contribution in [3.05, 3.63) is 5.82 Å². The van der Waals surface area contributed by atoms with Crippen LogP contribution < -0.4 is 5.32 Å². The lowest BCUT2D eigenvalue weighted by Gasteiger charge is -2.20. The largest absolute Gasteiger partial charge is 0.452 e. The fraction of sp³-hybridized carbons (Fsp3) is 0.818. The summed E-state index contributed by atoms with van der Waals surface area (Å²) >= 11 is 0.782. The quantitative estimate of drug-likeness (QED) is 0.914. The van der Waals surface area contributed by atoms with Gasteiger partial charge in [0.15, 0.2) is 0 Å². The van der Waals surface area contributed by atoms with E-state index >= 15 is 0 Å². The number of anilines is 1. The molecule has 7 heteroatoms. The van der Waals surface area contributed by atoms with Gasteiger partial charge in [-0.05, 0) is 24.7 Å². The molecular formula is C11H16F3N3S. The van der Waals surface area contributed by atoms with Gasteiger partial charge < -0.3 is 5.32 Å². The lowest BCUT2D eigenvalue weighted by Crippen LogP contribution is -2.24. The molecule has 1 fully saturated rings. The third-order valence-electron chi connectivity index (χ3n) is 3.74. The first-order valence-corrected chi connectivity index (χ1v) is 6.86. The van der Waals surface area contributed by atoms with E-state index in [-0.39, 0.29) is 11.2 Å². The van der Waals surface area contributed by atoms with Crippen LogP contribution in [0.3, 0.4) is 0 Å². The second-order valence-electron chi connectivity index (χ2n) is 4.78. The molecule has 0 spiro atoms. The van der Waals surface area contributed by atoms with Crippen molar-refractivity contribution in [3.8, 4) is 0 Å². The van der Waals surface area contributed by atoms with Crippen LogP contribution in [0.25, 0.3) is 0 Å². The maximum atomic E-state index is 12.4.